The van der Waals surface area contributed by atoms with Crippen LogP contribution in [0.1, 0.15) is 23.6 Å². The van der Waals surface area contributed by atoms with E-state index in [0.29, 0.717) is 28.4 Å². The van der Waals surface area contributed by atoms with E-state index in [-0.39, 0.29) is 12.2 Å². The number of anilines is 1. The molecule has 3 amide bonds. The summed E-state index contributed by atoms with van der Waals surface area (Å²) in [5.74, 6) is -1.55. The van der Waals surface area contributed by atoms with E-state index in [1.165, 1.54) is 22.2 Å². The molecule has 0 spiro atoms. The zero-order valence-electron chi connectivity index (χ0n) is 20.7. The normalized spacial score (nSPS) is 21.7. The highest BCUT2D eigenvalue weighted by Crippen LogP contribution is 2.36. The summed E-state index contributed by atoms with van der Waals surface area (Å²) in [6.07, 6.45) is 0.378. The van der Waals surface area contributed by atoms with E-state index in [1.807, 2.05) is 30.3 Å². The summed E-state index contributed by atoms with van der Waals surface area (Å²) in [5.41, 5.74) is 2.45. The van der Waals surface area contributed by atoms with Gasteiger partial charge >= 0.3 is 0 Å². The van der Waals surface area contributed by atoms with Crippen LogP contribution in [0.5, 0.6) is 0 Å². The Bertz CT molecular complexity index is 1580. The fourth-order valence-electron chi connectivity index (χ4n) is 5.03. The number of halogens is 1. The third-order valence-corrected chi connectivity index (χ3v) is 7.25. The van der Waals surface area contributed by atoms with Crippen molar-refractivity contribution in [2.24, 2.45) is 15.4 Å². The third-order valence-electron chi connectivity index (χ3n) is 7.00. The van der Waals surface area contributed by atoms with Crippen LogP contribution in [-0.2, 0) is 14.4 Å². The zero-order valence-corrected chi connectivity index (χ0v) is 21.5. The molecule has 3 aromatic rings. The molecule has 0 aromatic heterocycles. The molecule has 0 unspecified atom stereocenters. The number of nitro benzene ring substituents is 1. The van der Waals surface area contributed by atoms with Crippen molar-refractivity contribution in [1.29, 1.82) is 0 Å². The monoisotopic (exact) mass is 557 g/mol. The van der Waals surface area contributed by atoms with Crippen molar-refractivity contribution < 1.29 is 19.3 Å². The number of non-ortho nitro benzene ring substituents is 1. The van der Waals surface area contributed by atoms with Crippen molar-refractivity contribution in [2.75, 3.05) is 11.4 Å². The number of rotatable bonds is 6. The van der Waals surface area contributed by atoms with E-state index in [4.69, 9.17) is 11.6 Å². The van der Waals surface area contributed by atoms with Gasteiger partial charge in [0.25, 0.3) is 23.4 Å². The SMILES string of the molecule is O=C1[C@H]2N=NN(CC(=O)N3N=C(c4ccccc4)C[C@@H]3c3ccc([N+](=O)[O-])cc3)[C@H]2C(=O)N1c1ccc(Cl)cc1. The number of hydrogen-bond acceptors (Lipinski definition) is 9. The summed E-state index contributed by atoms with van der Waals surface area (Å²) in [6.45, 7) is -0.354. The van der Waals surface area contributed by atoms with Crippen molar-refractivity contribution in [3.8, 4) is 0 Å². The largest absolute Gasteiger partial charge is 0.271 e. The molecule has 3 aromatic carbocycles. The molecule has 0 aliphatic carbocycles. The van der Waals surface area contributed by atoms with Crippen LogP contribution in [0, 0.1) is 10.1 Å². The second kappa shape index (κ2) is 9.97. The molecule has 13 heteroatoms. The molecule has 3 aliphatic rings. The van der Waals surface area contributed by atoms with Crippen LogP contribution in [0.25, 0.3) is 0 Å². The van der Waals surface area contributed by atoms with Crippen molar-refractivity contribution in [3.63, 3.8) is 0 Å². The smallest absolute Gasteiger partial charge is 0.269 e. The van der Waals surface area contributed by atoms with Crippen molar-refractivity contribution in [3.05, 3.63) is 105 Å². The summed E-state index contributed by atoms with van der Waals surface area (Å²) in [4.78, 5) is 51.6. The molecular weight excluding hydrogens is 538 g/mol. The number of imide groups is 1. The number of carbonyl (C=O) groups excluding carboxylic acids is 3. The van der Waals surface area contributed by atoms with E-state index < -0.39 is 40.8 Å². The second-order valence-electron chi connectivity index (χ2n) is 9.40. The third kappa shape index (κ3) is 4.37. The quantitative estimate of drug-likeness (QED) is 0.255. The number of fused-ring (bicyclic) bond motifs is 1. The first-order valence-corrected chi connectivity index (χ1v) is 12.7. The van der Waals surface area contributed by atoms with Gasteiger partial charge in [-0.25, -0.2) is 9.91 Å². The van der Waals surface area contributed by atoms with Gasteiger partial charge in [0.2, 0.25) is 0 Å². The number of nitrogens with zero attached hydrogens (tertiary/aromatic N) is 7. The maximum absolute atomic E-state index is 13.6. The molecule has 0 saturated carbocycles. The summed E-state index contributed by atoms with van der Waals surface area (Å²) in [6, 6.07) is 18.9. The van der Waals surface area contributed by atoms with E-state index in [9.17, 15) is 24.5 Å². The highest BCUT2D eigenvalue weighted by molar-refractivity contribution is 6.31. The van der Waals surface area contributed by atoms with Crippen LogP contribution < -0.4 is 4.90 Å². The lowest BCUT2D eigenvalue weighted by atomic mass is 9.98. The fourth-order valence-corrected chi connectivity index (χ4v) is 5.16. The van der Waals surface area contributed by atoms with Crippen LogP contribution in [0.3, 0.4) is 0 Å². The highest BCUT2D eigenvalue weighted by atomic mass is 35.5. The second-order valence-corrected chi connectivity index (χ2v) is 9.84. The summed E-state index contributed by atoms with van der Waals surface area (Å²) >= 11 is 5.94. The predicted octanol–water partition coefficient (Wildman–Crippen LogP) is 3.92. The lowest BCUT2D eigenvalue weighted by Gasteiger charge is -2.25. The Morgan fingerprint density at radius 1 is 0.975 bits per heavy atom. The molecule has 200 valence electrons. The van der Waals surface area contributed by atoms with Gasteiger partial charge in [-0.2, -0.15) is 10.2 Å². The Morgan fingerprint density at radius 3 is 2.35 bits per heavy atom. The lowest BCUT2D eigenvalue weighted by molar-refractivity contribution is -0.384. The number of benzene rings is 3. The molecule has 3 heterocycles. The van der Waals surface area contributed by atoms with Crippen LogP contribution in [-0.4, -0.2) is 57.0 Å². The van der Waals surface area contributed by atoms with Crippen molar-refractivity contribution >= 4 is 46.4 Å². The van der Waals surface area contributed by atoms with Gasteiger partial charge in [0.15, 0.2) is 12.1 Å². The van der Waals surface area contributed by atoms with E-state index in [0.717, 1.165) is 10.5 Å². The summed E-state index contributed by atoms with van der Waals surface area (Å²) in [5, 5.41) is 26.7. The maximum Gasteiger partial charge on any atom is 0.269 e. The number of carbonyl (C=O) groups is 3. The first-order chi connectivity index (χ1) is 19.3. The van der Waals surface area contributed by atoms with Gasteiger partial charge in [-0.05, 0) is 35.4 Å². The van der Waals surface area contributed by atoms with Crippen molar-refractivity contribution in [1.82, 2.24) is 10.0 Å². The number of hydrogen-bond donors (Lipinski definition) is 0. The van der Waals surface area contributed by atoms with Crippen LogP contribution in [0.15, 0.2) is 94.3 Å². The first-order valence-electron chi connectivity index (χ1n) is 12.3. The Labute approximate surface area is 232 Å². The Kier molecular flexibility index (Phi) is 6.31. The average molecular weight is 558 g/mol. The van der Waals surface area contributed by atoms with Gasteiger partial charge in [-0.1, -0.05) is 59.3 Å². The van der Waals surface area contributed by atoms with E-state index in [1.54, 1.807) is 36.4 Å². The molecule has 12 nitrogen and oxygen atoms in total. The molecule has 1 fully saturated rings. The van der Waals surface area contributed by atoms with Gasteiger partial charge in [-0.3, -0.25) is 29.5 Å². The van der Waals surface area contributed by atoms with E-state index >= 15 is 0 Å². The Morgan fingerprint density at radius 2 is 1.68 bits per heavy atom. The summed E-state index contributed by atoms with van der Waals surface area (Å²) < 4.78 is 0. The molecule has 0 radical (unpaired) electrons. The van der Waals surface area contributed by atoms with Gasteiger partial charge in [0.05, 0.1) is 22.4 Å². The molecule has 0 bridgehead atoms. The summed E-state index contributed by atoms with van der Waals surface area (Å²) in [7, 11) is 0. The minimum atomic E-state index is -1.07. The lowest BCUT2D eigenvalue weighted by Crippen LogP contribution is -2.44. The van der Waals surface area contributed by atoms with Crippen molar-refractivity contribution in [2.45, 2.75) is 24.5 Å². The van der Waals surface area contributed by atoms with Gasteiger partial charge in [0.1, 0.15) is 6.54 Å². The van der Waals surface area contributed by atoms with Gasteiger partial charge in [-0.15, -0.1) is 0 Å². The minimum Gasteiger partial charge on any atom is -0.271 e. The molecule has 40 heavy (non-hydrogen) atoms. The molecule has 0 N–H and O–H groups in total. The zero-order chi connectivity index (χ0) is 28.0. The Hall–Kier alpha value is -4.97. The first kappa shape index (κ1) is 25.3. The molecule has 3 aliphatic heterocycles. The fraction of sp³-hybridized carbons (Fsp3) is 0.185. The molecule has 1 saturated heterocycles. The molecule has 6 rings (SSSR count). The Balaban J connectivity index is 1.26. The number of nitro groups is 1. The predicted molar refractivity (Wildman–Crippen MR) is 143 cm³/mol. The maximum atomic E-state index is 13.6. The van der Waals surface area contributed by atoms with Crippen LogP contribution in [0.4, 0.5) is 11.4 Å². The van der Waals surface area contributed by atoms with Crippen LogP contribution >= 0.6 is 11.6 Å². The standard InChI is InChI=1S/C27H20ClN7O5/c28-18-8-12-19(13-9-18)33-26(37)24-25(27(33)38)32(31-29-24)15-23(36)34-22(17-6-10-20(11-7-17)35(39)40)14-21(30-34)16-4-2-1-3-5-16/h1-13,22,24-25H,14-15H2/t22-,24+,25-/m1/s1. The number of hydrazone groups is 1. The van der Waals surface area contributed by atoms with E-state index in [2.05, 4.69) is 15.4 Å². The number of amides is 3. The molecular formula is C27H20ClN7O5. The van der Waals surface area contributed by atoms with Gasteiger partial charge in [0, 0.05) is 23.6 Å². The van der Waals surface area contributed by atoms with Crippen LogP contribution in [0.2, 0.25) is 5.02 Å². The highest BCUT2D eigenvalue weighted by Gasteiger charge is 2.55. The minimum absolute atomic E-state index is 0.0676. The van der Waals surface area contributed by atoms with Gasteiger partial charge < -0.3 is 0 Å². The average Bonchev–Trinajstić information content (AvgIpc) is 3.65. The topological polar surface area (TPSA) is 141 Å². The molecule has 3 atom stereocenters.